The molecule has 32 heavy (non-hydrogen) atoms. The third kappa shape index (κ3) is 4.83. The van der Waals surface area contributed by atoms with Gasteiger partial charge in [-0.15, -0.1) is 19.8 Å². The lowest BCUT2D eigenvalue weighted by molar-refractivity contribution is -0.275. The third-order valence-electron chi connectivity index (χ3n) is 5.29. The number of hydrogen-bond donors (Lipinski definition) is 0. The summed E-state index contributed by atoms with van der Waals surface area (Å²) in [4.78, 5) is 0. The minimum absolute atomic E-state index is 0.0728. The van der Waals surface area contributed by atoms with E-state index in [0.29, 0.717) is 5.39 Å². The van der Waals surface area contributed by atoms with Gasteiger partial charge in [0.1, 0.15) is 0 Å². The first kappa shape index (κ1) is 21.6. The average molecular weight is 436 g/mol. The normalized spacial score (nSPS) is 11.5. The molecule has 0 aliphatic heterocycles. The molecule has 0 aliphatic carbocycles. The number of aryl methyl sites for hydroxylation is 1. The summed E-state index contributed by atoms with van der Waals surface area (Å²) in [6.07, 6.45) is -1.12. The first-order valence-corrected chi connectivity index (χ1v) is 10.1. The van der Waals surface area contributed by atoms with E-state index in [1.165, 1.54) is 17.7 Å². The summed E-state index contributed by atoms with van der Waals surface area (Å²) in [6, 6.07) is 23.7. The van der Waals surface area contributed by atoms with Crippen LogP contribution in [0.2, 0.25) is 0 Å². The van der Waals surface area contributed by atoms with Gasteiger partial charge < -0.3 is 4.74 Å². The van der Waals surface area contributed by atoms with Crippen molar-refractivity contribution in [2.75, 3.05) is 0 Å². The van der Waals surface area contributed by atoms with Crippen molar-refractivity contribution in [1.82, 2.24) is 0 Å². The molecular formula is C27H20F4O. The quantitative estimate of drug-likeness (QED) is 0.218. The zero-order valence-electron chi connectivity index (χ0n) is 17.1. The van der Waals surface area contributed by atoms with Crippen LogP contribution in [-0.4, -0.2) is 6.36 Å². The van der Waals surface area contributed by atoms with Crippen LogP contribution in [0.1, 0.15) is 12.0 Å². The molecule has 0 fully saturated rings. The van der Waals surface area contributed by atoms with Crippen LogP contribution in [0.5, 0.6) is 5.75 Å². The predicted molar refractivity (Wildman–Crippen MR) is 120 cm³/mol. The van der Waals surface area contributed by atoms with Gasteiger partial charge in [0, 0.05) is 5.39 Å². The second-order valence-corrected chi connectivity index (χ2v) is 7.46. The molecule has 4 aromatic rings. The van der Waals surface area contributed by atoms with Gasteiger partial charge in [0.05, 0.1) is 0 Å². The molecule has 5 heteroatoms. The van der Waals surface area contributed by atoms with Crippen LogP contribution in [0.25, 0.3) is 33.0 Å². The Bertz CT molecular complexity index is 1240. The maximum atomic E-state index is 14.4. The fraction of sp³-hybridized carbons (Fsp3) is 0.111. The first-order chi connectivity index (χ1) is 15.3. The molecule has 0 amide bonds. The van der Waals surface area contributed by atoms with Crippen LogP contribution in [0.3, 0.4) is 0 Å². The Kier molecular flexibility index (Phi) is 5.99. The molecule has 0 spiro atoms. The van der Waals surface area contributed by atoms with Gasteiger partial charge in [-0.3, -0.25) is 0 Å². The van der Waals surface area contributed by atoms with E-state index in [4.69, 9.17) is 0 Å². The van der Waals surface area contributed by atoms with Gasteiger partial charge in [-0.1, -0.05) is 72.8 Å². The predicted octanol–water partition coefficient (Wildman–Crippen LogP) is 8.33. The molecule has 4 rings (SSSR count). The van der Waals surface area contributed by atoms with Crippen molar-refractivity contribution in [3.05, 3.63) is 103 Å². The van der Waals surface area contributed by atoms with Gasteiger partial charge in [0.15, 0.2) is 11.6 Å². The van der Waals surface area contributed by atoms with Gasteiger partial charge in [-0.25, -0.2) is 4.39 Å². The number of ether oxygens (including phenoxy) is 1. The van der Waals surface area contributed by atoms with Gasteiger partial charge in [-0.2, -0.15) is 0 Å². The van der Waals surface area contributed by atoms with Gasteiger partial charge in [-0.05, 0) is 58.2 Å². The molecule has 0 heterocycles. The number of alkyl halides is 3. The highest BCUT2D eigenvalue weighted by molar-refractivity contribution is 5.89. The molecule has 0 aromatic heterocycles. The van der Waals surface area contributed by atoms with E-state index in [9.17, 15) is 17.6 Å². The molecule has 0 radical (unpaired) electrons. The molecule has 0 atom stereocenters. The van der Waals surface area contributed by atoms with Crippen molar-refractivity contribution in [2.24, 2.45) is 0 Å². The highest BCUT2D eigenvalue weighted by Crippen LogP contribution is 2.33. The largest absolute Gasteiger partial charge is 0.573 e. The number of rotatable bonds is 6. The summed E-state index contributed by atoms with van der Waals surface area (Å²) >= 11 is 0. The topological polar surface area (TPSA) is 9.23 Å². The molecule has 162 valence electrons. The Morgan fingerprint density at radius 3 is 1.91 bits per heavy atom. The Hall–Kier alpha value is -3.60. The maximum absolute atomic E-state index is 14.4. The third-order valence-corrected chi connectivity index (χ3v) is 5.29. The van der Waals surface area contributed by atoms with Crippen LogP contribution in [0, 0.1) is 5.82 Å². The van der Waals surface area contributed by atoms with E-state index in [1.54, 1.807) is 12.1 Å². The van der Waals surface area contributed by atoms with E-state index in [-0.39, 0.29) is 5.39 Å². The van der Waals surface area contributed by atoms with Crippen molar-refractivity contribution in [3.63, 3.8) is 0 Å². The van der Waals surface area contributed by atoms with Gasteiger partial charge >= 0.3 is 6.36 Å². The Morgan fingerprint density at radius 2 is 1.31 bits per heavy atom. The highest BCUT2D eigenvalue weighted by Gasteiger charge is 2.32. The van der Waals surface area contributed by atoms with E-state index in [1.807, 2.05) is 30.3 Å². The second kappa shape index (κ2) is 8.87. The fourth-order valence-electron chi connectivity index (χ4n) is 3.64. The summed E-state index contributed by atoms with van der Waals surface area (Å²) in [5.41, 5.74) is 5.21. The molecule has 0 bridgehead atoms. The maximum Gasteiger partial charge on any atom is 0.573 e. The minimum Gasteiger partial charge on any atom is -0.403 e. The minimum atomic E-state index is -4.94. The molecule has 0 saturated carbocycles. The average Bonchev–Trinajstić information content (AvgIpc) is 2.79. The monoisotopic (exact) mass is 436 g/mol. The van der Waals surface area contributed by atoms with E-state index >= 15 is 0 Å². The lowest BCUT2D eigenvalue weighted by atomic mass is 9.97. The SMILES string of the molecule is C=CCCc1ccc(-c2ccc(-c3ccc4c(F)c(OC(F)(F)F)ccc4c3)cc2)cc1. The van der Waals surface area contributed by atoms with Crippen molar-refractivity contribution in [3.8, 4) is 28.0 Å². The Labute approximate surface area is 183 Å². The zero-order chi connectivity index (χ0) is 22.7. The van der Waals surface area contributed by atoms with Crippen molar-refractivity contribution < 1.29 is 22.3 Å². The number of halogens is 4. The molecule has 0 saturated heterocycles. The summed E-state index contributed by atoms with van der Waals surface area (Å²) in [6.45, 7) is 3.75. The standard InChI is InChI=1S/C27H20F4O/c1-2-3-4-18-5-7-19(8-6-18)20-9-11-21(12-10-20)22-13-15-24-23(17-22)14-16-25(26(24)28)32-27(29,30)31/h2,5-17H,1,3-4H2. The summed E-state index contributed by atoms with van der Waals surface area (Å²) in [7, 11) is 0. The number of hydrogen-bond acceptors (Lipinski definition) is 1. The fourth-order valence-corrected chi connectivity index (χ4v) is 3.64. The van der Waals surface area contributed by atoms with E-state index in [0.717, 1.165) is 41.2 Å². The van der Waals surface area contributed by atoms with Crippen LogP contribution in [0.4, 0.5) is 17.6 Å². The smallest absolute Gasteiger partial charge is 0.403 e. The Morgan fingerprint density at radius 1 is 0.750 bits per heavy atom. The molecule has 1 nitrogen and oxygen atoms in total. The van der Waals surface area contributed by atoms with E-state index < -0.39 is 17.9 Å². The lowest BCUT2D eigenvalue weighted by Gasteiger charge is -2.12. The summed E-state index contributed by atoms with van der Waals surface area (Å²) < 4.78 is 55.5. The highest BCUT2D eigenvalue weighted by atomic mass is 19.4. The molecular weight excluding hydrogens is 416 g/mol. The first-order valence-electron chi connectivity index (χ1n) is 10.1. The zero-order valence-corrected chi connectivity index (χ0v) is 17.1. The van der Waals surface area contributed by atoms with Crippen LogP contribution in [-0.2, 0) is 6.42 Å². The lowest BCUT2D eigenvalue weighted by Crippen LogP contribution is -2.17. The number of fused-ring (bicyclic) bond motifs is 1. The van der Waals surface area contributed by atoms with Gasteiger partial charge in [0.2, 0.25) is 0 Å². The number of benzene rings is 4. The number of allylic oxidation sites excluding steroid dienone is 1. The molecule has 0 unspecified atom stereocenters. The van der Waals surface area contributed by atoms with Crippen molar-refractivity contribution in [1.29, 1.82) is 0 Å². The van der Waals surface area contributed by atoms with E-state index in [2.05, 4.69) is 35.6 Å². The summed E-state index contributed by atoms with van der Waals surface area (Å²) in [5, 5.41) is 0.567. The van der Waals surface area contributed by atoms with Crippen LogP contribution < -0.4 is 4.74 Å². The van der Waals surface area contributed by atoms with Crippen LogP contribution in [0.15, 0.2) is 91.5 Å². The van der Waals surface area contributed by atoms with Crippen LogP contribution >= 0.6 is 0 Å². The van der Waals surface area contributed by atoms with Gasteiger partial charge in [0.25, 0.3) is 0 Å². The Balaban J connectivity index is 1.57. The molecule has 4 aromatic carbocycles. The summed E-state index contributed by atoms with van der Waals surface area (Å²) in [5.74, 6) is -1.86. The second-order valence-electron chi connectivity index (χ2n) is 7.46. The van der Waals surface area contributed by atoms with Crippen molar-refractivity contribution >= 4 is 10.8 Å². The van der Waals surface area contributed by atoms with Crippen molar-refractivity contribution in [2.45, 2.75) is 19.2 Å². The molecule has 0 aliphatic rings. The molecule has 0 N–H and O–H groups in total.